The molecule has 0 saturated carbocycles. The number of amides is 2. The molecule has 4 atom stereocenters. The number of nitrogens with zero attached hydrogens (tertiary/aromatic N) is 2. The van der Waals surface area contributed by atoms with Crippen molar-refractivity contribution in [2.45, 2.75) is 63.5 Å². The molecule has 2 amide bonds. The van der Waals surface area contributed by atoms with Gasteiger partial charge in [-0.15, -0.1) is 0 Å². The molecule has 1 aliphatic carbocycles. The number of hydrogen-bond acceptors (Lipinski definition) is 6. The van der Waals surface area contributed by atoms with Gasteiger partial charge in [0.15, 0.2) is 0 Å². The van der Waals surface area contributed by atoms with E-state index in [-0.39, 0.29) is 31.5 Å². The number of aromatic nitrogens is 1. The fourth-order valence-corrected chi connectivity index (χ4v) is 14.4. The summed E-state index contributed by atoms with van der Waals surface area (Å²) in [5.41, 5.74) is -0.313. The number of anilines is 1. The number of fused-ring (bicyclic) bond motifs is 3. The number of carbonyl (C=O) groups is 2. The second kappa shape index (κ2) is 17.3. The summed E-state index contributed by atoms with van der Waals surface area (Å²) in [5.74, 6) is -4.58. The van der Waals surface area contributed by atoms with Crippen molar-refractivity contribution in [3.8, 4) is 5.75 Å². The summed E-state index contributed by atoms with van der Waals surface area (Å²) < 4.78 is 98.3. The molecule has 2 aliphatic heterocycles. The van der Waals surface area contributed by atoms with Crippen LogP contribution in [0, 0.1) is 17.8 Å². The largest absolute Gasteiger partial charge is 0.508 e. The number of hydrogen-bond donors (Lipinski definition) is 1. The van der Waals surface area contributed by atoms with E-state index >= 15 is 0 Å². The van der Waals surface area contributed by atoms with E-state index in [0.29, 0.717) is 41.1 Å². The van der Waals surface area contributed by atoms with Gasteiger partial charge in [0.25, 0.3) is 8.32 Å². The monoisotopic (exact) mass is 896 g/mol. The zero-order valence-electron chi connectivity index (χ0n) is 35.3. The maximum atomic E-state index is 14.5. The predicted octanol–water partition coefficient (Wildman–Crippen LogP) is 10.2. The molecule has 0 bridgehead atoms. The zero-order chi connectivity index (χ0) is 45.6. The van der Waals surface area contributed by atoms with Crippen molar-refractivity contribution in [2.24, 2.45) is 17.8 Å². The van der Waals surface area contributed by atoms with E-state index in [1.54, 1.807) is 30.5 Å². The Balaban J connectivity index is 1.22. The fourth-order valence-electron chi connectivity index (χ4n) is 9.81. The Kier molecular flexibility index (Phi) is 12.1. The number of alkyl halides is 6. The second-order valence-corrected chi connectivity index (χ2v) is 21.9. The third-order valence-corrected chi connectivity index (χ3v) is 17.6. The molecule has 0 unspecified atom stereocenters. The molecule has 8 rings (SSSR count). The average Bonchev–Trinajstić information content (AvgIpc) is 3.79. The first kappa shape index (κ1) is 44.8. The first-order chi connectivity index (χ1) is 30.4. The summed E-state index contributed by atoms with van der Waals surface area (Å²) in [5, 5.41) is 11.8. The van der Waals surface area contributed by atoms with Crippen LogP contribution in [0.2, 0.25) is 5.04 Å². The van der Waals surface area contributed by atoms with E-state index in [1.165, 1.54) is 0 Å². The summed E-state index contributed by atoms with van der Waals surface area (Å²) >= 11 is 0. The molecule has 3 heterocycles. The van der Waals surface area contributed by atoms with Gasteiger partial charge >= 0.3 is 12.4 Å². The Labute approximate surface area is 368 Å². The lowest BCUT2D eigenvalue weighted by atomic mass is 9.69. The Morgan fingerprint density at radius 1 is 0.797 bits per heavy atom. The molecule has 5 aromatic rings. The standard InChI is InChI=1S/C50H46F6N2O5Si/c1-48(2,3)64(38-15-6-4-7-16-38,39-17-8-5-9-18-39)63-29-33-25-40-45(47(61)58(46(40)60)36-27-34(49(51,52)53)26-35(28-36)50(54,55)56)41-30-62-43(44(33)41)21-20-32(42-19-10-11-22-57-42)23-31-13-12-14-37(59)24-31/h4-19,22-24,26-28,40-41,43,45,59H,20-21,25,29-30H2,1-3H3/b32-23-/t40-,41+,43-,45-/m1/s1. The van der Waals surface area contributed by atoms with Crippen molar-refractivity contribution >= 4 is 47.8 Å². The van der Waals surface area contributed by atoms with Crippen LogP contribution in [0.3, 0.4) is 0 Å². The summed E-state index contributed by atoms with van der Waals surface area (Å²) in [6.45, 7) is 6.38. The van der Waals surface area contributed by atoms with Gasteiger partial charge in [0.1, 0.15) is 5.75 Å². The van der Waals surface area contributed by atoms with E-state index in [9.17, 15) is 41.0 Å². The van der Waals surface area contributed by atoms with Gasteiger partial charge in [0, 0.05) is 12.1 Å². The smallest absolute Gasteiger partial charge is 0.416 e. The molecule has 0 spiro atoms. The summed E-state index contributed by atoms with van der Waals surface area (Å²) in [4.78, 5) is 34.1. The van der Waals surface area contributed by atoms with Crippen molar-refractivity contribution < 1.29 is 50.2 Å². The van der Waals surface area contributed by atoms with Crippen LogP contribution >= 0.6 is 0 Å². The average molecular weight is 897 g/mol. The topological polar surface area (TPSA) is 89.0 Å². The van der Waals surface area contributed by atoms with Crippen molar-refractivity contribution in [1.82, 2.24) is 4.98 Å². The quantitative estimate of drug-likeness (QED) is 0.0615. The lowest BCUT2D eigenvalue weighted by Gasteiger charge is -2.44. The van der Waals surface area contributed by atoms with E-state index in [4.69, 9.17) is 9.16 Å². The third-order valence-electron chi connectivity index (χ3n) is 12.6. The van der Waals surface area contributed by atoms with Gasteiger partial charge in [0.2, 0.25) is 11.8 Å². The van der Waals surface area contributed by atoms with Crippen LogP contribution < -0.4 is 15.3 Å². The van der Waals surface area contributed by atoms with E-state index in [1.807, 2.05) is 84.9 Å². The minimum Gasteiger partial charge on any atom is -0.508 e. The van der Waals surface area contributed by atoms with Gasteiger partial charge < -0.3 is 14.3 Å². The molecule has 2 saturated heterocycles. The van der Waals surface area contributed by atoms with E-state index in [0.717, 1.165) is 27.1 Å². The van der Waals surface area contributed by atoms with Crippen LogP contribution in [0.4, 0.5) is 32.0 Å². The minimum absolute atomic E-state index is 0.0116. The van der Waals surface area contributed by atoms with Gasteiger partial charge in [-0.05, 0) is 105 Å². The molecule has 1 aromatic heterocycles. The number of ether oxygens (including phenoxy) is 1. The molecule has 7 nitrogen and oxygen atoms in total. The molecule has 64 heavy (non-hydrogen) atoms. The first-order valence-electron chi connectivity index (χ1n) is 21.0. The van der Waals surface area contributed by atoms with Crippen LogP contribution in [-0.4, -0.2) is 49.5 Å². The van der Waals surface area contributed by atoms with Crippen molar-refractivity contribution in [3.63, 3.8) is 0 Å². The highest BCUT2D eigenvalue weighted by Gasteiger charge is 2.58. The van der Waals surface area contributed by atoms with E-state index < -0.39 is 78.2 Å². The van der Waals surface area contributed by atoms with Gasteiger partial charge in [0.05, 0.1) is 53.7 Å². The summed E-state index contributed by atoms with van der Waals surface area (Å²) in [7, 11) is -3.19. The molecule has 14 heteroatoms. The maximum absolute atomic E-state index is 14.5. The van der Waals surface area contributed by atoms with Crippen LogP contribution in [0.5, 0.6) is 5.75 Å². The summed E-state index contributed by atoms with van der Waals surface area (Å²) in [6.07, 6.45) is -6.58. The number of pyridine rings is 1. The van der Waals surface area contributed by atoms with Gasteiger partial charge in [-0.2, -0.15) is 26.3 Å². The first-order valence-corrected chi connectivity index (χ1v) is 22.9. The van der Waals surface area contributed by atoms with Crippen LogP contribution in [0.15, 0.2) is 139 Å². The molecule has 0 radical (unpaired) electrons. The van der Waals surface area contributed by atoms with Gasteiger partial charge in [-0.3, -0.25) is 14.6 Å². The van der Waals surface area contributed by atoms with E-state index in [2.05, 4.69) is 25.8 Å². The Bertz CT molecular complexity index is 2520. The Hall–Kier alpha value is -5.83. The number of phenols is 1. The van der Waals surface area contributed by atoms with Crippen LogP contribution in [-0.2, 0) is 31.1 Å². The number of rotatable bonds is 11. The number of benzene rings is 4. The number of phenolic OH excluding ortho intramolecular Hbond substituents is 1. The lowest BCUT2D eigenvalue weighted by molar-refractivity contribution is -0.143. The number of imide groups is 1. The SMILES string of the molecule is CC(C)(C)[Si](OCC1=C2[C@@H](CC/C(=C/c3cccc(O)c3)c3ccccn3)OC[C@@H]2[C@@H]2C(=O)N(c3cc(C(F)(F)F)cc(C(F)(F)F)c3)C(=O)[C@@H]2C1)(c1ccccc1)c1ccccc1. The summed E-state index contributed by atoms with van der Waals surface area (Å²) in [6, 6.07) is 33.0. The number of carbonyl (C=O) groups excluding carboxylic acids is 2. The Morgan fingerprint density at radius 2 is 1.42 bits per heavy atom. The Morgan fingerprint density at radius 3 is 1.98 bits per heavy atom. The molecular formula is C50H46F6N2O5Si. The molecule has 3 aliphatic rings. The fraction of sp³-hybridized carbons (Fsp3) is 0.300. The van der Waals surface area contributed by atoms with Gasteiger partial charge in [-0.1, -0.05) is 99.6 Å². The van der Waals surface area contributed by atoms with Crippen molar-refractivity contribution in [1.29, 1.82) is 0 Å². The van der Waals surface area contributed by atoms with Crippen LogP contribution in [0.25, 0.3) is 11.6 Å². The molecule has 2 fully saturated rings. The molecule has 1 N–H and O–H groups in total. The van der Waals surface area contributed by atoms with Crippen molar-refractivity contribution in [2.75, 3.05) is 18.1 Å². The number of allylic oxidation sites excluding steroid dienone is 1. The van der Waals surface area contributed by atoms with Crippen molar-refractivity contribution in [3.05, 3.63) is 161 Å². The maximum Gasteiger partial charge on any atom is 0.416 e. The van der Waals surface area contributed by atoms with Gasteiger partial charge in [-0.25, -0.2) is 4.90 Å². The highest BCUT2D eigenvalue weighted by Crippen LogP contribution is 2.52. The third kappa shape index (κ3) is 8.58. The molecule has 332 valence electrons. The minimum atomic E-state index is -5.19. The number of aromatic hydroxyl groups is 1. The zero-order valence-corrected chi connectivity index (χ0v) is 36.3. The normalized spacial score (nSPS) is 20.8. The second-order valence-electron chi connectivity index (χ2n) is 17.6. The highest BCUT2D eigenvalue weighted by atomic mass is 28.4. The predicted molar refractivity (Wildman–Crippen MR) is 234 cm³/mol. The molecular weight excluding hydrogens is 851 g/mol. The molecule has 4 aromatic carbocycles. The highest BCUT2D eigenvalue weighted by molar-refractivity contribution is 6.99. The lowest BCUT2D eigenvalue weighted by Crippen LogP contribution is -2.66. The number of halogens is 6. The van der Waals surface area contributed by atoms with Crippen LogP contribution in [0.1, 0.15) is 62.4 Å².